The van der Waals surface area contributed by atoms with Gasteiger partial charge in [0.15, 0.2) is 0 Å². The van der Waals surface area contributed by atoms with Crippen molar-refractivity contribution < 1.29 is 4.92 Å². The number of nitro groups is 1. The Hall–Kier alpha value is -2.61. The lowest BCUT2D eigenvalue weighted by Gasteiger charge is -1.90. The number of hydrogen-bond donors (Lipinski definition) is 1. The summed E-state index contributed by atoms with van der Waals surface area (Å²) in [5, 5.41) is 16.8. The summed E-state index contributed by atoms with van der Waals surface area (Å²) >= 11 is 0. The van der Waals surface area contributed by atoms with Crippen molar-refractivity contribution in [2.24, 2.45) is 0 Å². The standard InChI is InChI=1S/C11H7N3O2/c15-14(16)11-5-3-9(4-6-11)1-2-10-7-12-13-8-10/h3-8H,(H,12,13). The molecule has 0 fully saturated rings. The largest absolute Gasteiger partial charge is 0.284 e. The van der Waals surface area contributed by atoms with E-state index in [1.165, 1.54) is 12.1 Å². The maximum Gasteiger partial charge on any atom is 0.269 e. The van der Waals surface area contributed by atoms with Gasteiger partial charge >= 0.3 is 0 Å². The number of hydrogen-bond acceptors (Lipinski definition) is 3. The van der Waals surface area contributed by atoms with Gasteiger partial charge in [0.05, 0.1) is 16.7 Å². The van der Waals surface area contributed by atoms with Gasteiger partial charge in [-0.05, 0) is 12.1 Å². The number of aromatic amines is 1. The summed E-state index contributed by atoms with van der Waals surface area (Å²) in [5.41, 5.74) is 1.57. The molecule has 0 unspecified atom stereocenters. The maximum absolute atomic E-state index is 10.4. The van der Waals surface area contributed by atoms with E-state index in [9.17, 15) is 10.1 Å². The SMILES string of the molecule is O=[N+]([O-])c1ccc(C#Cc2cn[nH]c2)cc1. The van der Waals surface area contributed by atoms with Gasteiger partial charge in [-0.15, -0.1) is 0 Å². The Labute approximate surface area is 91.3 Å². The molecule has 0 aliphatic heterocycles. The molecule has 0 spiro atoms. The van der Waals surface area contributed by atoms with Crippen molar-refractivity contribution in [2.75, 3.05) is 0 Å². The van der Waals surface area contributed by atoms with Crippen LogP contribution in [0.1, 0.15) is 11.1 Å². The number of nitro benzene ring substituents is 1. The van der Waals surface area contributed by atoms with Crippen LogP contribution in [0.2, 0.25) is 0 Å². The third kappa shape index (κ3) is 2.25. The Kier molecular flexibility index (Phi) is 2.65. The van der Waals surface area contributed by atoms with E-state index in [2.05, 4.69) is 22.0 Å². The highest BCUT2D eigenvalue weighted by Gasteiger charge is 2.02. The average molecular weight is 213 g/mol. The van der Waals surface area contributed by atoms with Gasteiger partial charge in [0, 0.05) is 23.9 Å². The molecule has 1 N–H and O–H groups in total. The first-order valence-corrected chi connectivity index (χ1v) is 4.51. The van der Waals surface area contributed by atoms with Gasteiger partial charge in [-0.25, -0.2) is 0 Å². The highest BCUT2D eigenvalue weighted by Crippen LogP contribution is 2.10. The van der Waals surface area contributed by atoms with Crippen LogP contribution < -0.4 is 0 Å². The van der Waals surface area contributed by atoms with Gasteiger partial charge in [0.2, 0.25) is 0 Å². The van der Waals surface area contributed by atoms with Crippen LogP contribution in [0.3, 0.4) is 0 Å². The first kappa shape index (κ1) is 9.93. The topological polar surface area (TPSA) is 71.8 Å². The molecule has 5 nitrogen and oxygen atoms in total. The van der Waals surface area contributed by atoms with Crippen LogP contribution >= 0.6 is 0 Å². The molecule has 0 amide bonds. The fraction of sp³-hybridized carbons (Fsp3) is 0. The lowest BCUT2D eigenvalue weighted by molar-refractivity contribution is -0.384. The zero-order chi connectivity index (χ0) is 11.4. The average Bonchev–Trinajstić information content (AvgIpc) is 2.80. The number of nitrogens with one attached hydrogen (secondary N) is 1. The lowest BCUT2D eigenvalue weighted by Crippen LogP contribution is -1.86. The molecule has 0 radical (unpaired) electrons. The summed E-state index contributed by atoms with van der Waals surface area (Å²) in [5.74, 6) is 5.76. The van der Waals surface area contributed by atoms with Gasteiger partial charge in [0.1, 0.15) is 0 Å². The van der Waals surface area contributed by atoms with E-state index >= 15 is 0 Å². The molecule has 16 heavy (non-hydrogen) atoms. The molecule has 78 valence electrons. The molecule has 2 aromatic rings. The number of aromatic nitrogens is 2. The molecule has 0 atom stereocenters. The second kappa shape index (κ2) is 4.28. The van der Waals surface area contributed by atoms with E-state index in [1.807, 2.05) is 0 Å². The second-order valence-electron chi connectivity index (χ2n) is 3.04. The number of non-ortho nitro benzene ring substituents is 1. The lowest BCUT2D eigenvalue weighted by atomic mass is 10.2. The Morgan fingerprint density at radius 2 is 1.88 bits per heavy atom. The van der Waals surface area contributed by atoms with E-state index in [4.69, 9.17) is 0 Å². The van der Waals surface area contributed by atoms with E-state index in [-0.39, 0.29) is 5.69 Å². The molecular formula is C11H7N3O2. The minimum absolute atomic E-state index is 0.0638. The van der Waals surface area contributed by atoms with Crippen LogP contribution in [0.5, 0.6) is 0 Å². The third-order valence-electron chi connectivity index (χ3n) is 1.93. The summed E-state index contributed by atoms with van der Waals surface area (Å²) < 4.78 is 0. The van der Waals surface area contributed by atoms with E-state index in [1.54, 1.807) is 24.5 Å². The summed E-state index contributed by atoms with van der Waals surface area (Å²) in [7, 11) is 0. The Bertz CT molecular complexity index is 547. The first-order valence-electron chi connectivity index (χ1n) is 4.51. The van der Waals surface area contributed by atoms with Crippen LogP contribution in [-0.4, -0.2) is 15.1 Å². The maximum atomic E-state index is 10.4. The van der Waals surface area contributed by atoms with Crippen molar-refractivity contribution in [3.05, 3.63) is 57.9 Å². The van der Waals surface area contributed by atoms with Crippen LogP contribution in [0, 0.1) is 22.0 Å². The fourth-order valence-electron chi connectivity index (χ4n) is 1.13. The van der Waals surface area contributed by atoms with Gasteiger partial charge in [0.25, 0.3) is 5.69 Å². The van der Waals surface area contributed by atoms with E-state index in [0.717, 1.165) is 11.1 Å². The monoisotopic (exact) mass is 213 g/mol. The molecule has 5 heteroatoms. The van der Waals surface area contributed by atoms with Gasteiger partial charge in [-0.1, -0.05) is 11.8 Å². The highest BCUT2D eigenvalue weighted by molar-refractivity contribution is 5.44. The molecule has 0 saturated heterocycles. The van der Waals surface area contributed by atoms with Crippen LogP contribution in [0.15, 0.2) is 36.7 Å². The highest BCUT2D eigenvalue weighted by atomic mass is 16.6. The number of rotatable bonds is 1. The molecule has 0 bridgehead atoms. The zero-order valence-corrected chi connectivity index (χ0v) is 8.18. The number of benzene rings is 1. The number of H-pyrrole nitrogens is 1. The van der Waals surface area contributed by atoms with Crippen molar-refractivity contribution in [2.45, 2.75) is 0 Å². The van der Waals surface area contributed by atoms with Crippen LogP contribution in [0.4, 0.5) is 5.69 Å². The second-order valence-corrected chi connectivity index (χ2v) is 3.04. The van der Waals surface area contributed by atoms with Crippen molar-refractivity contribution in [1.29, 1.82) is 0 Å². The molecule has 1 heterocycles. The van der Waals surface area contributed by atoms with E-state index in [0.29, 0.717) is 0 Å². The Morgan fingerprint density at radius 1 is 1.19 bits per heavy atom. The molecule has 0 saturated carbocycles. The van der Waals surface area contributed by atoms with Gasteiger partial charge in [-0.2, -0.15) is 5.10 Å². The predicted molar refractivity (Wildman–Crippen MR) is 57.7 cm³/mol. The number of nitrogens with zero attached hydrogens (tertiary/aromatic N) is 2. The predicted octanol–water partition coefficient (Wildman–Crippen LogP) is 1.72. The minimum Gasteiger partial charge on any atom is -0.284 e. The summed E-state index contributed by atoms with van der Waals surface area (Å²) in [6.45, 7) is 0. The molecule has 1 aromatic carbocycles. The summed E-state index contributed by atoms with van der Waals surface area (Å²) in [6, 6.07) is 6.09. The van der Waals surface area contributed by atoms with Crippen molar-refractivity contribution in [3.8, 4) is 11.8 Å². The molecule has 0 aliphatic carbocycles. The van der Waals surface area contributed by atoms with Crippen molar-refractivity contribution >= 4 is 5.69 Å². The van der Waals surface area contributed by atoms with E-state index < -0.39 is 4.92 Å². The molecule has 0 aliphatic rings. The fourth-order valence-corrected chi connectivity index (χ4v) is 1.13. The quantitative estimate of drug-likeness (QED) is 0.445. The molecule has 1 aromatic heterocycles. The smallest absolute Gasteiger partial charge is 0.269 e. The summed E-state index contributed by atoms with van der Waals surface area (Å²) in [4.78, 5) is 9.98. The Balaban J connectivity index is 2.20. The molecule has 2 rings (SSSR count). The van der Waals surface area contributed by atoms with Gasteiger partial charge in [-0.3, -0.25) is 15.2 Å². The van der Waals surface area contributed by atoms with Crippen LogP contribution in [0.25, 0.3) is 0 Å². The minimum atomic E-state index is -0.437. The van der Waals surface area contributed by atoms with Crippen molar-refractivity contribution in [1.82, 2.24) is 10.2 Å². The van der Waals surface area contributed by atoms with Crippen molar-refractivity contribution in [3.63, 3.8) is 0 Å². The summed E-state index contributed by atoms with van der Waals surface area (Å²) in [6.07, 6.45) is 3.29. The van der Waals surface area contributed by atoms with Gasteiger partial charge < -0.3 is 0 Å². The molecular weight excluding hydrogens is 206 g/mol. The normalized spacial score (nSPS) is 9.25. The Morgan fingerprint density at radius 3 is 2.44 bits per heavy atom. The third-order valence-corrected chi connectivity index (χ3v) is 1.93. The van der Waals surface area contributed by atoms with Crippen LogP contribution in [-0.2, 0) is 0 Å². The first-order chi connectivity index (χ1) is 7.75. The zero-order valence-electron chi connectivity index (χ0n) is 8.18.